The van der Waals surface area contributed by atoms with Gasteiger partial charge in [0.2, 0.25) is 0 Å². The fourth-order valence-electron chi connectivity index (χ4n) is 2.19. The number of carbonyl (C=O) groups excluding carboxylic acids is 1. The van der Waals surface area contributed by atoms with Crippen LogP contribution in [0.2, 0.25) is 0 Å². The van der Waals surface area contributed by atoms with E-state index in [4.69, 9.17) is 10.5 Å². The molecular weight excluding hydrogens is 322 g/mol. The number of hydrogen-bond donors (Lipinski definition) is 2. The number of nitrogens with one attached hydrogen (secondary N) is 1. The third-order valence-electron chi connectivity index (χ3n) is 3.36. The van der Waals surface area contributed by atoms with Gasteiger partial charge in [-0.05, 0) is 44.7 Å². The number of nitrogen functional groups attached to an aromatic ring is 1. The summed E-state index contributed by atoms with van der Waals surface area (Å²) in [7, 11) is 0. The zero-order valence-corrected chi connectivity index (χ0v) is 15.3. The lowest BCUT2D eigenvalue weighted by atomic mass is 10.1. The van der Waals surface area contributed by atoms with Crippen molar-refractivity contribution in [3.8, 4) is 0 Å². The predicted molar refractivity (Wildman–Crippen MR) is 98.3 cm³/mol. The Morgan fingerprint density at radius 2 is 1.79 bits per heavy atom. The van der Waals surface area contributed by atoms with Crippen LogP contribution in [0.1, 0.15) is 37.6 Å². The Bertz CT molecular complexity index is 660. The van der Waals surface area contributed by atoms with Crippen LogP contribution in [-0.4, -0.2) is 23.2 Å². The van der Waals surface area contributed by atoms with Gasteiger partial charge in [0.1, 0.15) is 0 Å². The van der Waals surface area contributed by atoms with Crippen LogP contribution < -0.4 is 11.1 Å². The molecule has 130 valence electrons. The van der Waals surface area contributed by atoms with Crippen molar-refractivity contribution in [2.24, 2.45) is 0 Å². The van der Waals surface area contributed by atoms with E-state index in [9.17, 15) is 4.79 Å². The van der Waals surface area contributed by atoms with E-state index >= 15 is 0 Å². The first-order valence-electron chi connectivity index (χ1n) is 8.04. The number of aryl methyl sites for hydroxylation is 2. The maximum Gasteiger partial charge on any atom is 0.407 e. The summed E-state index contributed by atoms with van der Waals surface area (Å²) >= 11 is 1.48. The molecule has 2 rings (SSSR count). The maximum atomic E-state index is 11.6. The van der Waals surface area contributed by atoms with Crippen LogP contribution in [-0.2, 0) is 24.0 Å². The standard InChI is InChI=1S/C18H25N3O2S/c1-18(2,3)21-17(22)23-11-10-14-6-4-13(5-7-14)8-9-15-12-24-16(19)20-15/h4-7,12H,8-11H2,1-3H3,(H2,19,20)(H,21,22). The number of rotatable bonds is 6. The molecule has 1 heterocycles. The topological polar surface area (TPSA) is 77.2 Å². The van der Waals surface area contributed by atoms with Crippen molar-refractivity contribution >= 4 is 22.6 Å². The summed E-state index contributed by atoms with van der Waals surface area (Å²) in [5, 5.41) is 5.40. The van der Waals surface area contributed by atoms with E-state index in [-0.39, 0.29) is 11.6 Å². The highest BCUT2D eigenvalue weighted by Crippen LogP contribution is 2.14. The number of aromatic nitrogens is 1. The number of benzene rings is 1. The number of anilines is 1. The molecule has 0 saturated carbocycles. The third kappa shape index (κ3) is 6.58. The Balaban J connectivity index is 1.72. The molecule has 0 spiro atoms. The van der Waals surface area contributed by atoms with Crippen LogP contribution in [0, 0.1) is 0 Å². The van der Waals surface area contributed by atoms with Gasteiger partial charge in [0.05, 0.1) is 12.3 Å². The van der Waals surface area contributed by atoms with Gasteiger partial charge in [-0.1, -0.05) is 24.3 Å². The van der Waals surface area contributed by atoms with E-state index in [1.165, 1.54) is 16.9 Å². The van der Waals surface area contributed by atoms with E-state index in [2.05, 4.69) is 34.6 Å². The van der Waals surface area contributed by atoms with Crippen molar-refractivity contribution in [2.45, 2.75) is 45.6 Å². The summed E-state index contributed by atoms with van der Waals surface area (Å²) in [6, 6.07) is 8.38. The number of nitrogens with two attached hydrogens (primary N) is 1. The first-order valence-corrected chi connectivity index (χ1v) is 8.92. The minimum Gasteiger partial charge on any atom is -0.449 e. The Kier molecular flexibility index (Phi) is 6.20. The second kappa shape index (κ2) is 8.15. The molecular formula is C18H25N3O2S. The molecule has 2 aromatic rings. The summed E-state index contributed by atoms with van der Waals surface area (Å²) in [6.07, 6.45) is 2.17. The van der Waals surface area contributed by atoms with Crippen molar-refractivity contribution in [3.05, 3.63) is 46.5 Å². The van der Waals surface area contributed by atoms with E-state index < -0.39 is 0 Å². The minimum atomic E-state index is -0.373. The first kappa shape index (κ1) is 18.3. The number of alkyl carbamates (subject to hydrolysis) is 1. The van der Waals surface area contributed by atoms with Gasteiger partial charge in [-0.3, -0.25) is 0 Å². The van der Waals surface area contributed by atoms with Gasteiger partial charge >= 0.3 is 6.09 Å². The van der Waals surface area contributed by atoms with Crippen LogP contribution in [0.5, 0.6) is 0 Å². The molecule has 0 unspecified atom stereocenters. The highest BCUT2D eigenvalue weighted by atomic mass is 32.1. The second-order valence-corrected chi connectivity index (χ2v) is 7.64. The quantitative estimate of drug-likeness (QED) is 0.837. The smallest absolute Gasteiger partial charge is 0.407 e. The molecule has 0 atom stereocenters. The normalized spacial score (nSPS) is 11.3. The molecule has 24 heavy (non-hydrogen) atoms. The molecule has 5 nitrogen and oxygen atoms in total. The Morgan fingerprint density at radius 1 is 1.17 bits per heavy atom. The number of amides is 1. The van der Waals surface area contributed by atoms with Gasteiger partial charge in [0.25, 0.3) is 0 Å². The van der Waals surface area contributed by atoms with Crippen molar-refractivity contribution in [3.63, 3.8) is 0 Å². The van der Waals surface area contributed by atoms with Crippen molar-refractivity contribution < 1.29 is 9.53 Å². The average molecular weight is 347 g/mol. The number of thiazole rings is 1. The number of carbonyl (C=O) groups is 1. The molecule has 3 N–H and O–H groups in total. The molecule has 0 aliphatic rings. The third-order valence-corrected chi connectivity index (χ3v) is 4.09. The van der Waals surface area contributed by atoms with E-state index in [1.54, 1.807) is 0 Å². The summed E-state index contributed by atoms with van der Waals surface area (Å²) in [4.78, 5) is 15.8. The van der Waals surface area contributed by atoms with E-state index in [0.717, 1.165) is 24.1 Å². The van der Waals surface area contributed by atoms with Gasteiger partial charge < -0.3 is 15.8 Å². The highest BCUT2D eigenvalue weighted by Gasteiger charge is 2.14. The lowest BCUT2D eigenvalue weighted by molar-refractivity contribution is 0.139. The lowest BCUT2D eigenvalue weighted by Crippen LogP contribution is -2.41. The molecule has 0 aliphatic carbocycles. The molecule has 1 aromatic heterocycles. The Labute approximate surface area is 147 Å². The number of nitrogens with zero attached hydrogens (tertiary/aromatic N) is 1. The lowest BCUT2D eigenvalue weighted by Gasteiger charge is -2.19. The molecule has 1 aromatic carbocycles. The zero-order chi connectivity index (χ0) is 17.6. The Morgan fingerprint density at radius 3 is 2.33 bits per heavy atom. The predicted octanol–water partition coefficient (Wildman–Crippen LogP) is 3.58. The monoisotopic (exact) mass is 347 g/mol. The number of hydrogen-bond acceptors (Lipinski definition) is 5. The SMILES string of the molecule is CC(C)(C)NC(=O)OCCc1ccc(CCc2csc(N)n2)cc1. The molecule has 1 amide bonds. The van der Waals surface area contributed by atoms with Crippen LogP contribution >= 0.6 is 11.3 Å². The van der Waals surface area contributed by atoms with Crippen LogP contribution in [0.4, 0.5) is 9.93 Å². The number of ether oxygens (including phenoxy) is 1. The summed E-state index contributed by atoms with van der Waals surface area (Å²) < 4.78 is 5.19. The van der Waals surface area contributed by atoms with Crippen molar-refractivity contribution in [1.29, 1.82) is 0 Å². The van der Waals surface area contributed by atoms with Crippen LogP contribution in [0.3, 0.4) is 0 Å². The molecule has 0 saturated heterocycles. The molecule has 0 fully saturated rings. The van der Waals surface area contributed by atoms with E-state index in [0.29, 0.717) is 18.2 Å². The van der Waals surface area contributed by atoms with Gasteiger partial charge in [-0.25, -0.2) is 9.78 Å². The van der Waals surface area contributed by atoms with Gasteiger partial charge in [0.15, 0.2) is 5.13 Å². The zero-order valence-electron chi connectivity index (χ0n) is 14.5. The van der Waals surface area contributed by atoms with E-state index in [1.807, 2.05) is 26.2 Å². The minimum absolute atomic E-state index is 0.277. The molecule has 0 aliphatic heterocycles. The fraction of sp³-hybridized carbons (Fsp3) is 0.444. The van der Waals surface area contributed by atoms with Crippen molar-refractivity contribution in [1.82, 2.24) is 10.3 Å². The Hall–Kier alpha value is -2.08. The summed E-state index contributed by atoms with van der Waals surface area (Å²) in [5.41, 5.74) is 8.81. The average Bonchev–Trinajstić information content (AvgIpc) is 2.90. The second-order valence-electron chi connectivity index (χ2n) is 6.75. The maximum absolute atomic E-state index is 11.6. The van der Waals surface area contributed by atoms with Crippen molar-refractivity contribution in [2.75, 3.05) is 12.3 Å². The largest absolute Gasteiger partial charge is 0.449 e. The molecule has 0 radical (unpaired) electrons. The molecule has 0 bridgehead atoms. The molecule has 6 heteroatoms. The van der Waals surface area contributed by atoms with Gasteiger partial charge in [-0.2, -0.15) is 0 Å². The highest BCUT2D eigenvalue weighted by molar-refractivity contribution is 7.13. The van der Waals surface area contributed by atoms with Gasteiger partial charge in [0, 0.05) is 17.3 Å². The summed E-state index contributed by atoms with van der Waals surface area (Å²) in [5.74, 6) is 0. The first-order chi connectivity index (χ1) is 11.3. The summed E-state index contributed by atoms with van der Waals surface area (Å²) in [6.45, 7) is 6.15. The van der Waals surface area contributed by atoms with Gasteiger partial charge in [-0.15, -0.1) is 11.3 Å². The van der Waals surface area contributed by atoms with Crippen LogP contribution in [0.25, 0.3) is 0 Å². The fourth-order valence-corrected chi connectivity index (χ4v) is 2.78. The van der Waals surface area contributed by atoms with Crippen LogP contribution in [0.15, 0.2) is 29.6 Å².